The quantitative estimate of drug-likeness (QED) is 0.824. The summed E-state index contributed by atoms with van der Waals surface area (Å²) in [6, 6.07) is 7.51. The van der Waals surface area contributed by atoms with Crippen molar-refractivity contribution in [2.45, 2.75) is 25.8 Å². The minimum absolute atomic E-state index is 0.107. The smallest absolute Gasteiger partial charge is 0.317 e. The van der Waals surface area contributed by atoms with Crippen molar-refractivity contribution in [2.75, 3.05) is 47.0 Å². The summed E-state index contributed by atoms with van der Waals surface area (Å²) in [7, 11) is 3.28. The molecule has 1 spiro atoms. The number of ether oxygens (including phenoxy) is 2. The average Bonchev–Trinajstić information content (AvgIpc) is 3.13. The molecule has 2 heterocycles. The first kappa shape index (κ1) is 19.5. The standard InChI is InChI=1S/C20H29N3O4/c1-26-13-12-22-10-3-8-20(18(22)24)9-11-23(15-20)19(25)21-14-16-4-6-17(27-2)7-5-16/h4-7H,3,8-15H2,1-2H3,(H,21,25)/t20-/m1/s1. The van der Waals surface area contributed by atoms with Crippen LogP contribution in [0.3, 0.4) is 0 Å². The van der Waals surface area contributed by atoms with Gasteiger partial charge in [-0.15, -0.1) is 0 Å². The lowest BCUT2D eigenvalue weighted by atomic mass is 9.78. The van der Waals surface area contributed by atoms with E-state index in [0.717, 1.165) is 37.1 Å². The molecule has 0 bridgehead atoms. The van der Waals surface area contributed by atoms with Gasteiger partial charge in [-0.1, -0.05) is 12.1 Å². The van der Waals surface area contributed by atoms with E-state index in [0.29, 0.717) is 32.8 Å². The van der Waals surface area contributed by atoms with Crippen LogP contribution >= 0.6 is 0 Å². The number of carbonyl (C=O) groups is 2. The van der Waals surface area contributed by atoms with E-state index in [4.69, 9.17) is 9.47 Å². The van der Waals surface area contributed by atoms with E-state index in [1.54, 1.807) is 19.1 Å². The van der Waals surface area contributed by atoms with Crippen molar-refractivity contribution in [3.05, 3.63) is 29.8 Å². The van der Waals surface area contributed by atoms with Gasteiger partial charge in [-0.2, -0.15) is 0 Å². The fraction of sp³-hybridized carbons (Fsp3) is 0.600. The molecule has 2 fully saturated rings. The van der Waals surface area contributed by atoms with Crippen molar-refractivity contribution in [1.29, 1.82) is 0 Å². The molecule has 27 heavy (non-hydrogen) atoms. The highest BCUT2D eigenvalue weighted by atomic mass is 16.5. The van der Waals surface area contributed by atoms with Gasteiger partial charge < -0.3 is 24.6 Å². The van der Waals surface area contributed by atoms with Crippen molar-refractivity contribution in [3.63, 3.8) is 0 Å². The van der Waals surface area contributed by atoms with Gasteiger partial charge in [0.05, 0.1) is 19.1 Å². The van der Waals surface area contributed by atoms with Crippen molar-refractivity contribution in [3.8, 4) is 5.75 Å². The molecule has 1 aromatic rings. The fourth-order valence-electron chi connectivity index (χ4n) is 4.02. The fourth-order valence-corrected chi connectivity index (χ4v) is 4.02. The molecule has 0 aliphatic carbocycles. The Bertz CT molecular complexity index is 664. The molecule has 148 valence electrons. The molecule has 1 aromatic carbocycles. The van der Waals surface area contributed by atoms with Crippen LogP contribution in [0.4, 0.5) is 4.79 Å². The van der Waals surface area contributed by atoms with Crippen LogP contribution in [0.5, 0.6) is 5.75 Å². The molecule has 1 N–H and O–H groups in total. The number of rotatable bonds is 6. The van der Waals surface area contributed by atoms with Crippen molar-refractivity contribution >= 4 is 11.9 Å². The number of urea groups is 1. The topological polar surface area (TPSA) is 71.1 Å². The molecule has 0 unspecified atom stereocenters. The maximum atomic E-state index is 13.0. The third-order valence-electron chi connectivity index (χ3n) is 5.63. The highest BCUT2D eigenvalue weighted by Crippen LogP contribution is 2.40. The van der Waals surface area contributed by atoms with E-state index >= 15 is 0 Å². The molecule has 0 aromatic heterocycles. The first-order chi connectivity index (χ1) is 13.1. The van der Waals surface area contributed by atoms with E-state index in [-0.39, 0.29) is 11.9 Å². The van der Waals surface area contributed by atoms with Crippen LogP contribution in [0.25, 0.3) is 0 Å². The Morgan fingerprint density at radius 3 is 2.67 bits per heavy atom. The third kappa shape index (κ3) is 4.35. The van der Waals surface area contributed by atoms with Gasteiger partial charge in [0.2, 0.25) is 5.91 Å². The number of carbonyl (C=O) groups excluding carboxylic acids is 2. The number of hydrogen-bond acceptors (Lipinski definition) is 4. The summed E-state index contributed by atoms with van der Waals surface area (Å²) in [4.78, 5) is 29.2. The Morgan fingerprint density at radius 1 is 1.19 bits per heavy atom. The molecule has 2 aliphatic heterocycles. The zero-order valence-electron chi connectivity index (χ0n) is 16.2. The van der Waals surface area contributed by atoms with E-state index in [1.165, 1.54) is 0 Å². The Morgan fingerprint density at radius 2 is 1.96 bits per heavy atom. The number of nitrogens with zero attached hydrogens (tertiary/aromatic N) is 2. The summed E-state index contributed by atoms with van der Waals surface area (Å²) >= 11 is 0. The Balaban J connectivity index is 1.54. The first-order valence-electron chi connectivity index (χ1n) is 9.52. The van der Waals surface area contributed by atoms with Gasteiger partial charge in [0.15, 0.2) is 0 Å². The summed E-state index contributed by atoms with van der Waals surface area (Å²) in [5.41, 5.74) is 0.598. The van der Waals surface area contributed by atoms with Gasteiger partial charge >= 0.3 is 6.03 Å². The molecule has 2 saturated heterocycles. The van der Waals surface area contributed by atoms with Crippen LogP contribution in [0.2, 0.25) is 0 Å². The second kappa shape index (κ2) is 8.61. The maximum Gasteiger partial charge on any atom is 0.317 e. The molecule has 0 radical (unpaired) electrons. The number of amides is 3. The molecule has 3 rings (SSSR count). The highest BCUT2D eigenvalue weighted by molar-refractivity contribution is 5.85. The van der Waals surface area contributed by atoms with Gasteiger partial charge in [0.1, 0.15) is 5.75 Å². The summed E-state index contributed by atoms with van der Waals surface area (Å²) in [5.74, 6) is 0.969. The first-order valence-corrected chi connectivity index (χ1v) is 9.52. The average molecular weight is 375 g/mol. The van der Waals surface area contributed by atoms with Gasteiger partial charge in [-0.3, -0.25) is 4.79 Å². The minimum atomic E-state index is -0.413. The molecule has 3 amide bonds. The number of likely N-dealkylation sites (tertiary alicyclic amines) is 2. The number of hydrogen-bond donors (Lipinski definition) is 1. The lowest BCUT2D eigenvalue weighted by Crippen LogP contribution is -2.51. The van der Waals surface area contributed by atoms with Crippen molar-refractivity contribution in [2.24, 2.45) is 5.41 Å². The van der Waals surface area contributed by atoms with Crippen LogP contribution in [-0.2, 0) is 16.1 Å². The van der Waals surface area contributed by atoms with Gasteiger partial charge in [0, 0.05) is 39.8 Å². The van der Waals surface area contributed by atoms with Crippen molar-refractivity contribution < 1.29 is 19.1 Å². The van der Waals surface area contributed by atoms with E-state index in [1.807, 2.05) is 29.2 Å². The van der Waals surface area contributed by atoms with Gasteiger partial charge in [-0.25, -0.2) is 4.79 Å². The maximum absolute atomic E-state index is 13.0. The molecule has 7 nitrogen and oxygen atoms in total. The predicted molar refractivity (Wildman–Crippen MR) is 102 cm³/mol. The second-order valence-corrected chi connectivity index (χ2v) is 7.35. The van der Waals surface area contributed by atoms with Crippen LogP contribution in [0.15, 0.2) is 24.3 Å². The summed E-state index contributed by atoms with van der Waals surface area (Å²) in [6.45, 7) is 3.55. The van der Waals surface area contributed by atoms with E-state index < -0.39 is 5.41 Å². The highest BCUT2D eigenvalue weighted by Gasteiger charge is 2.49. The summed E-state index contributed by atoms with van der Waals surface area (Å²) in [5, 5.41) is 2.96. The van der Waals surface area contributed by atoms with E-state index in [2.05, 4.69) is 5.32 Å². The minimum Gasteiger partial charge on any atom is -0.497 e. The molecular weight excluding hydrogens is 346 g/mol. The summed E-state index contributed by atoms with van der Waals surface area (Å²) < 4.78 is 10.3. The number of methoxy groups -OCH3 is 2. The van der Waals surface area contributed by atoms with Crippen LogP contribution in [0.1, 0.15) is 24.8 Å². The van der Waals surface area contributed by atoms with Gasteiger partial charge in [-0.05, 0) is 37.0 Å². The lowest BCUT2D eigenvalue weighted by Gasteiger charge is -2.39. The summed E-state index contributed by atoms with van der Waals surface area (Å²) in [6.07, 6.45) is 2.58. The van der Waals surface area contributed by atoms with Crippen LogP contribution in [0, 0.1) is 5.41 Å². The molecule has 7 heteroatoms. The van der Waals surface area contributed by atoms with E-state index in [9.17, 15) is 9.59 Å². The van der Waals surface area contributed by atoms with Crippen LogP contribution < -0.4 is 10.1 Å². The number of nitrogens with one attached hydrogen (secondary N) is 1. The number of piperidine rings is 1. The molecule has 1 atom stereocenters. The largest absolute Gasteiger partial charge is 0.497 e. The molecule has 2 aliphatic rings. The second-order valence-electron chi connectivity index (χ2n) is 7.35. The zero-order chi connectivity index (χ0) is 19.3. The number of benzene rings is 1. The lowest BCUT2D eigenvalue weighted by molar-refractivity contribution is -0.146. The predicted octanol–water partition coefficient (Wildman–Crippen LogP) is 1.87. The molecular formula is C20H29N3O4. The van der Waals surface area contributed by atoms with Crippen molar-refractivity contribution in [1.82, 2.24) is 15.1 Å². The van der Waals surface area contributed by atoms with Crippen LogP contribution in [-0.4, -0.2) is 68.7 Å². The SMILES string of the molecule is COCCN1CCC[C@]2(CCN(C(=O)NCc3ccc(OC)cc3)C2)C1=O. The molecule has 0 saturated carbocycles. The van der Waals surface area contributed by atoms with Gasteiger partial charge in [0.25, 0.3) is 0 Å². The Labute approximate surface area is 160 Å². The monoisotopic (exact) mass is 375 g/mol. The normalized spacial score (nSPS) is 22.4. The zero-order valence-corrected chi connectivity index (χ0v) is 16.2. The Kier molecular flexibility index (Phi) is 6.21. The third-order valence-corrected chi connectivity index (χ3v) is 5.63. The Hall–Kier alpha value is -2.28.